The summed E-state index contributed by atoms with van der Waals surface area (Å²) in [6.07, 6.45) is 0. The molecule has 0 aliphatic carbocycles. The average Bonchev–Trinajstić information content (AvgIpc) is 3.22. The summed E-state index contributed by atoms with van der Waals surface area (Å²) in [6, 6.07) is 20.1. The zero-order valence-electron chi connectivity index (χ0n) is 16.9. The molecule has 0 saturated carbocycles. The van der Waals surface area contributed by atoms with Gasteiger partial charge in [-0.15, -0.1) is 0 Å². The molecule has 1 aromatic heterocycles. The fraction of sp³-hybridized carbons (Fsp3) is 0.304. The molecule has 30 heavy (non-hydrogen) atoms. The lowest BCUT2D eigenvalue weighted by Crippen LogP contribution is -2.51. The summed E-state index contributed by atoms with van der Waals surface area (Å²) in [7, 11) is 0. The minimum atomic E-state index is 0.265. The first-order chi connectivity index (χ1) is 14.6. The number of para-hydroxylation sites is 1. The minimum absolute atomic E-state index is 0.265. The van der Waals surface area contributed by atoms with Crippen LogP contribution < -0.4 is 10.2 Å². The lowest BCUT2D eigenvalue weighted by Gasteiger charge is -2.39. The Morgan fingerprint density at radius 2 is 1.80 bits per heavy atom. The van der Waals surface area contributed by atoms with E-state index in [0.29, 0.717) is 29.4 Å². The first-order valence-electron chi connectivity index (χ1n) is 10.1. The van der Waals surface area contributed by atoms with Crippen molar-refractivity contribution in [3.8, 4) is 17.5 Å². The van der Waals surface area contributed by atoms with Crippen molar-refractivity contribution in [2.45, 2.75) is 13.0 Å². The van der Waals surface area contributed by atoms with Crippen molar-refractivity contribution in [1.29, 1.82) is 5.26 Å². The minimum Gasteiger partial charge on any atom is -0.419 e. The molecule has 4 rings (SSSR count). The normalized spacial score (nSPS) is 15.6. The molecule has 1 fully saturated rings. The molecule has 2 aromatic carbocycles. The van der Waals surface area contributed by atoms with E-state index in [-0.39, 0.29) is 5.69 Å². The van der Waals surface area contributed by atoms with Crippen LogP contribution in [0.3, 0.4) is 0 Å². The van der Waals surface area contributed by atoms with Gasteiger partial charge in [-0.1, -0.05) is 29.8 Å². The van der Waals surface area contributed by atoms with Crippen molar-refractivity contribution in [2.75, 3.05) is 42.9 Å². The zero-order chi connectivity index (χ0) is 20.9. The second kappa shape index (κ2) is 9.21. The number of oxazole rings is 1. The number of piperazine rings is 1. The summed E-state index contributed by atoms with van der Waals surface area (Å²) in [5.74, 6) is 0.826. The molecule has 3 aromatic rings. The fourth-order valence-electron chi connectivity index (χ4n) is 3.66. The Labute approximate surface area is 181 Å². The Hall–Kier alpha value is -3.01. The monoisotopic (exact) mass is 421 g/mol. The lowest BCUT2D eigenvalue weighted by molar-refractivity contribution is 0.204. The summed E-state index contributed by atoms with van der Waals surface area (Å²) in [4.78, 5) is 9.18. The van der Waals surface area contributed by atoms with Crippen molar-refractivity contribution >= 4 is 23.2 Å². The molecule has 2 heterocycles. The topological polar surface area (TPSA) is 68.3 Å². The molecular weight excluding hydrogens is 398 g/mol. The van der Waals surface area contributed by atoms with E-state index in [2.05, 4.69) is 57.4 Å². The van der Waals surface area contributed by atoms with Gasteiger partial charge in [0.05, 0.1) is 0 Å². The van der Waals surface area contributed by atoms with Crippen LogP contribution in [0.25, 0.3) is 11.5 Å². The highest BCUT2D eigenvalue weighted by Crippen LogP contribution is 2.26. The number of hydrogen-bond donors (Lipinski definition) is 1. The van der Waals surface area contributed by atoms with Crippen molar-refractivity contribution in [2.24, 2.45) is 0 Å². The van der Waals surface area contributed by atoms with Crippen LogP contribution in [-0.2, 0) is 0 Å². The van der Waals surface area contributed by atoms with Crippen molar-refractivity contribution in [1.82, 2.24) is 9.88 Å². The number of nitriles is 1. The van der Waals surface area contributed by atoms with E-state index in [1.807, 2.05) is 18.2 Å². The Kier molecular flexibility index (Phi) is 6.22. The van der Waals surface area contributed by atoms with Gasteiger partial charge >= 0.3 is 0 Å². The predicted octanol–water partition coefficient (Wildman–Crippen LogP) is 4.49. The largest absolute Gasteiger partial charge is 0.419 e. The molecule has 1 aliphatic rings. The van der Waals surface area contributed by atoms with E-state index >= 15 is 0 Å². The maximum absolute atomic E-state index is 9.42. The van der Waals surface area contributed by atoms with Gasteiger partial charge in [-0.3, -0.25) is 4.90 Å². The summed E-state index contributed by atoms with van der Waals surface area (Å²) < 4.78 is 5.83. The molecular formula is C23H24ClN5O. The standard InChI is InChI=1S/C23H24ClN5O/c1-17(28-11-13-29(14-12-28)20-5-3-2-4-6-20)16-26-23-21(15-25)27-22(30-23)18-7-9-19(24)10-8-18/h2-10,17,26H,11-14,16H2,1H3/t17-/m0/s1. The van der Waals surface area contributed by atoms with Crippen molar-refractivity contribution in [3.05, 3.63) is 65.3 Å². The zero-order valence-corrected chi connectivity index (χ0v) is 17.6. The van der Waals surface area contributed by atoms with E-state index in [9.17, 15) is 5.26 Å². The fourth-order valence-corrected chi connectivity index (χ4v) is 3.79. The van der Waals surface area contributed by atoms with Gasteiger partial charge in [0.15, 0.2) is 0 Å². The van der Waals surface area contributed by atoms with Crippen LogP contribution in [0.2, 0.25) is 5.02 Å². The van der Waals surface area contributed by atoms with Crippen molar-refractivity contribution < 1.29 is 4.42 Å². The third-order valence-corrected chi connectivity index (χ3v) is 5.69. The number of nitrogens with zero attached hydrogens (tertiary/aromatic N) is 4. The highest BCUT2D eigenvalue weighted by Gasteiger charge is 2.22. The number of rotatable bonds is 6. The van der Waals surface area contributed by atoms with Gasteiger partial charge in [0, 0.05) is 55.0 Å². The quantitative estimate of drug-likeness (QED) is 0.632. The number of anilines is 2. The van der Waals surface area contributed by atoms with E-state index in [4.69, 9.17) is 16.0 Å². The highest BCUT2D eigenvalue weighted by molar-refractivity contribution is 6.30. The third kappa shape index (κ3) is 4.59. The number of benzene rings is 2. The summed E-state index contributed by atoms with van der Waals surface area (Å²) in [6.45, 7) is 6.86. The van der Waals surface area contributed by atoms with Crippen LogP contribution in [0.1, 0.15) is 12.6 Å². The summed E-state index contributed by atoms with van der Waals surface area (Å²) in [5, 5.41) is 13.3. The molecule has 0 bridgehead atoms. The number of hydrogen-bond acceptors (Lipinski definition) is 6. The van der Waals surface area contributed by atoms with Crippen LogP contribution in [0.5, 0.6) is 0 Å². The molecule has 0 amide bonds. The second-order valence-electron chi connectivity index (χ2n) is 7.40. The van der Waals surface area contributed by atoms with E-state index in [1.165, 1.54) is 5.69 Å². The molecule has 1 N–H and O–H groups in total. The third-order valence-electron chi connectivity index (χ3n) is 5.44. The van der Waals surface area contributed by atoms with Gasteiger partial charge in [0.1, 0.15) is 6.07 Å². The molecule has 0 spiro atoms. The number of aromatic nitrogens is 1. The number of halogens is 1. The Morgan fingerprint density at radius 1 is 1.10 bits per heavy atom. The van der Waals surface area contributed by atoms with Crippen molar-refractivity contribution in [3.63, 3.8) is 0 Å². The Morgan fingerprint density at radius 3 is 2.47 bits per heavy atom. The Bertz CT molecular complexity index is 1000. The summed E-state index contributed by atoms with van der Waals surface area (Å²) >= 11 is 5.94. The molecule has 6 nitrogen and oxygen atoms in total. The molecule has 1 saturated heterocycles. The van der Waals surface area contributed by atoms with E-state index < -0.39 is 0 Å². The lowest BCUT2D eigenvalue weighted by atomic mass is 10.2. The number of nitrogens with one attached hydrogen (secondary N) is 1. The average molecular weight is 422 g/mol. The predicted molar refractivity (Wildman–Crippen MR) is 120 cm³/mol. The van der Waals surface area contributed by atoms with Gasteiger partial charge in [-0.25, -0.2) is 0 Å². The molecule has 7 heteroatoms. The smallest absolute Gasteiger partial charge is 0.232 e. The summed E-state index contributed by atoms with van der Waals surface area (Å²) in [5.41, 5.74) is 2.33. The first-order valence-corrected chi connectivity index (χ1v) is 10.5. The molecule has 154 valence electrons. The second-order valence-corrected chi connectivity index (χ2v) is 7.84. The van der Waals surface area contributed by atoms with Gasteiger partial charge in [-0.05, 0) is 43.3 Å². The van der Waals surface area contributed by atoms with Crippen LogP contribution in [0.4, 0.5) is 11.6 Å². The van der Waals surface area contributed by atoms with Crippen LogP contribution >= 0.6 is 11.6 Å². The Balaban J connectivity index is 1.34. The molecule has 0 radical (unpaired) electrons. The van der Waals surface area contributed by atoms with Gasteiger partial charge in [0.2, 0.25) is 17.5 Å². The maximum Gasteiger partial charge on any atom is 0.232 e. The van der Waals surface area contributed by atoms with Gasteiger partial charge in [0.25, 0.3) is 0 Å². The van der Waals surface area contributed by atoms with Crippen LogP contribution in [0, 0.1) is 11.3 Å². The highest BCUT2D eigenvalue weighted by atomic mass is 35.5. The maximum atomic E-state index is 9.42. The first kappa shape index (κ1) is 20.3. The molecule has 1 aliphatic heterocycles. The van der Waals surface area contributed by atoms with Gasteiger partial charge in [-0.2, -0.15) is 10.2 Å². The SMILES string of the molecule is C[C@@H](CNc1oc(-c2ccc(Cl)cc2)nc1C#N)N1CCN(c2ccccc2)CC1. The van der Waals surface area contributed by atoms with Crippen LogP contribution in [-0.4, -0.2) is 48.6 Å². The van der Waals surface area contributed by atoms with Gasteiger partial charge < -0.3 is 14.6 Å². The van der Waals surface area contributed by atoms with E-state index in [0.717, 1.165) is 31.7 Å². The molecule has 1 atom stereocenters. The molecule has 0 unspecified atom stereocenters. The van der Waals surface area contributed by atoms with Crippen LogP contribution in [0.15, 0.2) is 59.0 Å². The van der Waals surface area contributed by atoms with E-state index in [1.54, 1.807) is 12.1 Å².